The lowest BCUT2D eigenvalue weighted by Gasteiger charge is -2.40. The second-order valence-corrected chi connectivity index (χ2v) is 4.64. The number of likely N-dealkylation sites (tertiary alicyclic amines) is 1. The lowest BCUT2D eigenvalue weighted by atomic mass is 9.80. The highest BCUT2D eigenvalue weighted by Crippen LogP contribution is 2.24. The van der Waals surface area contributed by atoms with Gasteiger partial charge in [-0.3, -0.25) is 0 Å². The fourth-order valence-corrected chi connectivity index (χ4v) is 2.38. The van der Waals surface area contributed by atoms with Crippen LogP contribution in [-0.4, -0.2) is 44.2 Å². The van der Waals surface area contributed by atoms with Gasteiger partial charge in [0.15, 0.2) is 0 Å². The van der Waals surface area contributed by atoms with Crippen LogP contribution >= 0.6 is 0 Å². The average molecular weight is 183 g/mol. The summed E-state index contributed by atoms with van der Waals surface area (Å²) >= 11 is 0. The summed E-state index contributed by atoms with van der Waals surface area (Å²) in [5, 5.41) is 3.30. The maximum absolute atomic E-state index is 6.24. The summed E-state index contributed by atoms with van der Waals surface area (Å²) in [4.78, 5) is 2.41. The molecular formula is C10H21N3. The van der Waals surface area contributed by atoms with E-state index in [1.54, 1.807) is 0 Å². The smallest absolute Gasteiger partial charge is 0.0121 e. The van der Waals surface area contributed by atoms with Crippen molar-refractivity contribution in [1.29, 1.82) is 0 Å². The van der Waals surface area contributed by atoms with E-state index in [-0.39, 0.29) is 0 Å². The zero-order valence-electron chi connectivity index (χ0n) is 8.50. The zero-order valence-corrected chi connectivity index (χ0v) is 8.50. The Hall–Kier alpha value is -0.120. The van der Waals surface area contributed by atoms with Gasteiger partial charge < -0.3 is 16.0 Å². The molecule has 2 rings (SSSR count). The Kier molecular flexibility index (Phi) is 2.86. The highest BCUT2D eigenvalue weighted by atomic mass is 15.1. The van der Waals surface area contributed by atoms with Crippen molar-refractivity contribution in [2.75, 3.05) is 33.2 Å². The Morgan fingerprint density at radius 3 is 2.31 bits per heavy atom. The Bertz CT molecular complexity index is 160. The molecule has 0 spiro atoms. The van der Waals surface area contributed by atoms with Crippen LogP contribution in [0.4, 0.5) is 0 Å². The molecule has 0 aromatic rings. The molecule has 2 heterocycles. The van der Waals surface area contributed by atoms with E-state index in [4.69, 9.17) is 5.73 Å². The SMILES string of the molecule is CN1CCC(C(N)C2CNC2)CC1. The molecule has 2 saturated heterocycles. The molecule has 3 N–H and O–H groups in total. The van der Waals surface area contributed by atoms with Gasteiger partial charge in [0.05, 0.1) is 0 Å². The highest BCUT2D eigenvalue weighted by Gasteiger charge is 2.31. The van der Waals surface area contributed by atoms with E-state index in [2.05, 4.69) is 17.3 Å². The number of nitrogens with one attached hydrogen (secondary N) is 1. The molecule has 0 aromatic heterocycles. The molecule has 0 amide bonds. The minimum absolute atomic E-state index is 0.454. The van der Waals surface area contributed by atoms with Crippen molar-refractivity contribution in [3.05, 3.63) is 0 Å². The summed E-state index contributed by atoms with van der Waals surface area (Å²) in [6, 6.07) is 0.454. The Balaban J connectivity index is 1.79. The number of nitrogens with zero attached hydrogens (tertiary/aromatic N) is 1. The summed E-state index contributed by atoms with van der Waals surface area (Å²) in [5.41, 5.74) is 6.24. The fourth-order valence-electron chi connectivity index (χ4n) is 2.38. The third-order valence-electron chi connectivity index (χ3n) is 3.66. The van der Waals surface area contributed by atoms with Gasteiger partial charge in [-0.1, -0.05) is 0 Å². The number of piperidine rings is 1. The molecule has 13 heavy (non-hydrogen) atoms. The van der Waals surface area contributed by atoms with Gasteiger partial charge in [-0.05, 0) is 44.8 Å². The van der Waals surface area contributed by atoms with Gasteiger partial charge in [-0.15, -0.1) is 0 Å². The molecule has 2 fully saturated rings. The standard InChI is InChI=1S/C10H21N3/c1-13-4-2-8(3-5-13)10(11)9-6-12-7-9/h8-10,12H,2-7,11H2,1H3. The summed E-state index contributed by atoms with van der Waals surface area (Å²) in [5.74, 6) is 1.54. The van der Waals surface area contributed by atoms with Crippen LogP contribution in [0.15, 0.2) is 0 Å². The average Bonchev–Trinajstić information content (AvgIpc) is 2.02. The van der Waals surface area contributed by atoms with Gasteiger partial charge in [0.25, 0.3) is 0 Å². The van der Waals surface area contributed by atoms with E-state index in [1.165, 1.54) is 25.9 Å². The molecule has 76 valence electrons. The monoisotopic (exact) mass is 183 g/mol. The number of nitrogens with two attached hydrogens (primary N) is 1. The molecule has 2 aliphatic rings. The predicted molar refractivity (Wildman–Crippen MR) is 54.6 cm³/mol. The zero-order chi connectivity index (χ0) is 9.26. The number of rotatable bonds is 2. The summed E-state index contributed by atoms with van der Waals surface area (Å²) in [7, 11) is 2.20. The predicted octanol–water partition coefficient (Wildman–Crippen LogP) is -0.125. The van der Waals surface area contributed by atoms with E-state index in [1.807, 2.05) is 0 Å². The third-order valence-corrected chi connectivity index (χ3v) is 3.66. The molecule has 1 atom stereocenters. The first-order chi connectivity index (χ1) is 6.27. The lowest BCUT2D eigenvalue weighted by molar-refractivity contribution is 0.152. The fraction of sp³-hybridized carbons (Fsp3) is 1.00. The van der Waals surface area contributed by atoms with Crippen molar-refractivity contribution in [1.82, 2.24) is 10.2 Å². The largest absolute Gasteiger partial charge is 0.327 e. The molecule has 0 saturated carbocycles. The molecular weight excluding hydrogens is 162 g/mol. The van der Waals surface area contributed by atoms with Crippen molar-refractivity contribution in [2.45, 2.75) is 18.9 Å². The third kappa shape index (κ3) is 2.03. The van der Waals surface area contributed by atoms with Crippen LogP contribution in [0.25, 0.3) is 0 Å². The molecule has 0 bridgehead atoms. The van der Waals surface area contributed by atoms with Gasteiger partial charge >= 0.3 is 0 Å². The Morgan fingerprint density at radius 2 is 1.85 bits per heavy atom. The summed E-state index contributed by atoms with van der Waals surface area (Å²) in [6.45, 7) is 4.76. The van der Waals surface area contributed by atoms with Gasteiger partial charge in [0.2, 0.25) is 0 Å². The Morgan fingerprint density at radius 1 is 1.23 bits per heavy atom. The molecule has 0 radical (unpaired) electrons. The topological polar surface area (TPSA) is 41.3 Å². The first-order valence-corrected chi connectivity index (χ1v) is 5.42. The van der Waals surface area contributed by atoms with Crippen LogP contribution in [-0.2, 0) is 0 Å². The van der Waals surface area contributed by atoms with Gasteiger partial charge in [0.1, 0.15) is 0 Å². The van der Waals surface area contributed by atoms with Gasteiger partial charge in [-0.2, -0.15) is 0 Å². The van der Waals surface area contributed by atoms with Crippen LogP contribution in [0.1, 0.15) is 12.8 Å². The molecule has 1 unspecified atom stereocenters. The van der Waals surface area contributed by atoms with Gasteiger partial charge in [-0.25, -0.2) is 0 Å². The van der Waals surface area contributed by atoms with Crippen LogP contribution in [0, 0.1) is 11.8 Å². The second-order valence-electron chi connectivity index (χ2n) is 4.64. The minimum atomic E-state index is 0.454. The van der Waals surface area contributed by atoms with Crippen LogP contribution in [0.3, 0.4) is 0 Å². The van der Waals surface area contributed by atoms with Crippen molar-refractivity contribution < 1.29 is 0 Å². The molecule has 2 aliphatic heterocycles. The Labute approximate surface area is 80.7 Å². The van der Waals surface area contributed by atoms with E-state index >= 15 is 0 Å². The van der Waals surface area contributed by atoms with Crippen molar-refractivity contribution in [2.24, 2.45) is 17.6 Å². The van der Waals surface area contributed by atoms with E-state index < -0.39 is 0 Å². The molecule has 3 heteroatoms. The number of hydrogen-bond donors (Lipinski definition) is 2. The maximum atomic E-state index is 6.24. The van der Waals surface area contributed by atoms with E-state index in [0.717, 1.165) is 24.9 Å². The van der Waals surface area contributed by atoms with E-state index in [9.17, 15) is 0 Å². The first-order valence-electron chi connectivity index (χ1n) is 5.42. The van der Waals surface area contributed by atoms with Crippen molar-refractivity contribution in [3.8, 4) is 0 Å². The maximum Gasteiger partial charge on any atom is 0.0121 e. The number of hydrogen-bond acceptors (Lipinski definition) is 3. The van der Waals surface area contributed by atoms with Crippen LogP contribution in [0.2, 0.25) is 0 Å². The molecule has 3 nitrogen and oxygen atoms in total. The van der Waals surface area contributed by atoms with Crippen LogP contribution in [0.5, 0.6) is 0 Å². The normalized spacial score (nSPS) is 30.0. The second kappa shape index (κ2) is 3.95. The highest BCUT2D eigenvalue weighted by molar-refractivity contribution is 4.90. The van der Waals surface area contributed by atoms with Crippen molar-refractivity contribution >= 4 is 0 Å². The lowest BCUT2D eigenvalue weighted by Crippen LogP contribution is -2.55. The molecule has 0 aromatic carbocycles. The minimum Gasteiger partial charge on any atom is -0.327 e. The first kappa shape index (κ1) is 9.44. The molecule has 0 aliphatic carbocycles. The van der Waals surface area contributed by atoms with Gasteiger partial charge in [0, 0.05) is 19.1 Å². The summed E-state index contributed by atoms with van der Waals surface area (Å²) < 4.78 is 0. The summed E-state index contributed by atoms with van der Waals surface area (Å²) in [6.07, 6.45) is 2.60. The van der Waals surface area contributed by atoms with Crippen LogP contribution < -0.4 is 11.1 Å². The van der Waals surface area contributed by atoms with Crippen molar-refractivity contribution in [3.63, 3.8) is 0 Å². The van der Waals surface area contributed by atoms with E-state index in [0.29, 0.717) is 6.04 Å². The quantitative estimate of drug-likeness (QED) is 0.627.